The fourth-order valence-electron chi connectivity index (χ4n) is 5.31. The zero-order chi connectivity index (χ0) is 23.7. The first-order chi connectivity index (χ1) is 16.6. The molecule has 2 aromatic heterocycles. The van der Waals surface area contributed by atoms with Crippen molar-refractivity contribution < 1.29 is 24.5 Å². The summed E-state index contributed by atoms with van der Waals surface area (Å²) in [6, 6.07) is 1.77. The fraction of sp³-hybridized carbons (Fsp3) is 0.625. The Hall–Kier alpha value is -3.01. The SMILES string of the molecule is O=C(c1ccncc1O)N1C[C@H]2C[C@@H](n3cc(C4CC4)nn3)[C@H](OCC3CC3)C[C@H]2C1.O=CO. The van der Waals surface area contributed by atoms with Gasteiger partial charge in [-0.2, -0.15) is 0 Å². The molecule has 1 aliphatic heterocycles. The van der Waals surface area contributed by atoms with Crippen molar-refractivity contribution in [3.8, 4) is 5.75 Å². The zero-order valence-electron chi connectivity index (χ0n) is 19.1. The third-order valence-corrected chi connectivity index (χ3v) is 7.51. The standard InChI is InChI=1S/C23H29N5O3.CH2O2/c29-21-9-24-6-5-18(21)23(30)27-10-16-7-20(28-12-19(25-26-28)15-3-4-15)22(8-17(16)11-27)31-13-14-1-2-14;2-1-3/h5-6,9,12,14-17,20,22,29H,1-4,7-8,10-11,13H2;1H,(H,2,3)/t16-,17+,20-,22-;/m1./s1. The maximum Gasteiger partial charge on any atom is 0.290 e. The van der Waals surface area contributed by atoms with Crippen molar-refractivity contribution in [1.82, 2.24) is 24.9 Å². The Labute approximate surface area is 197 Å². The molecule has 2 aromatic rings. The number of pyridine rings is 1. The summed E-state index contributed by atoms with van der Waals surface area (Å²) in [5, 5.41) is 25.9. The highest BCUT2D eigenvalue weighted by Crippen LogP contribution is 2.45. The van der Waals surface area contributed by atoms with Crippen LogP contribution >= 0.6 is 0 Å². The lowest BCUT2D eigenvalue weighted by molar-refractivity contribution is -0.122. The van der Waals surface area contributed by atoms with Gasteiger partial charge < -0.3 is 19.8 Å². The highest BCUT2D eigenvalue weighted by Gasteiger charge is 2.46. The minimum atomic E-state index is -0.250. The molecule has 4 atom stereocenters. The molecule has 0 aromatic carbocycles. The molecule has 10 heteroatoms. The number of ether oxygens (including phenoxy) is 1. The van der Waals surface area contributed by atoms with Crippen molar-refractivity contribution in [3.63, 3.8) is 0 Å². The number of rotatable bonds is 6. The van der Waals surface area contributed by atoms with Gasteiger partial charge in [-0.3, -0.25) is 14.6 Å². The molecular weight excluding hydrogens is 438 g/mol. The zero-order valence-corrected chi connectivity index (χ0v) is 19.1. The van der Waals surface area contributed by atoms with Crippen LogP contribution in [0.4, 0.5) is 0 Å². The quantitative estimate of drug-likeness (QED) is 0.617. The van der Waals surface area contributed by atoms with Crippen LogP contribution in [0.25, 0.3) is 0 Å². The molecular formula is C24H31N5O5. The molecule has 3 saturated carbocycles. The lowest BCUT2D eigenvalue weighted by Gasteiger charge is -2.37. The van der Waals surface area contributed by atoms with Crippen molar-refractivity contribution in [2.45, 2.75) is 56.6 Å². The van der Waals surface area contributed by atoms with Gasteiger partial charge in [0, 0.05) is 38.0 Å². The third kappa shape index (κ3) is 4.91. The lowest BCUT2D eigenvalue weighted by atomic mass is 9.77. The van der Waals surface area contributed by atoms with Crippen molar-refractivity contribution in [1.29, 1.82) is 0 Å². The molecule has 0 unspecified atom stereocenters. The van der Waals surface area contributed by atoms with Crippen LogP contribution in [0, 0.1) is 17.8 Å². The minimum absolute atomic E-state index is 0.0545. The van der Waals surface area contributed by atoms with E-state index in [1.807, 2.05) is 9.58 Å². The van der Waals surface area contributed by atoms with Crippen molar-refractivity contribution in [2.24, 2.45) is 17.8 Å². The van der Waals surface area contributed by atoms with E-state index >= 15 is 0 Å². The van der Waals surface area contributed by atoms with E-state index in [4.69, 9.17) is 14.6 Å². The van der Waals surface area contributed by atoms with Gasteiger partial charge >= 0.3 is 0 Å². The number of nitrogens with zero attached hydrogens (tertiary/aromatic N) is 5. The first kappa shape index (κ1) is 22.8. The van der Waals surface area contributed by atoms with Gasteiger partial charge in [-0.25, -0.2) is 4.68 Å². The summed E-state index contributed by atoms with van der Waals surface area (Å²) in [7, 11) is 0. The van der Waals surface area contributed by atoms with Crippen molar-refractivity contribution in [2.75, 3.05) is 19.7 Å². The summed E-state index contributed by atoms with van der Waals surface area (Å²) in [6.45, 7) is 2.00. The number of carboxylic acid groups (broad SMARTS) is 1. The monoisotopic (exact) mass is 469 g/mol. The summed E-state index contributed by atoms with van der Waals surface area (Å²) in [5.41, 5.74) is 1.44. The van der Waals surface area contributed by atoms with E-state index in [1.165, 1.54) is 31.9 Å². The predicted octanol–water partition coefficient (Wildman–Crippen LogP) is 2.48. The van der Waals surface area contributed by atoms with Gasteiger partial charge in [-0.05, 0) is 62.3 Å². The molecule has 1 amide bonds. The van der Waals surface area contributed by atoms with Gasteiger partial charge in [-0.15, -0.1) is 5.10 Å². The molecule has 182 valence electrons. The average molecular weight is 470 g/mol. The van der Waals surface area contributed by atoms with E-state index in [-0.39, 0.29) is 30.3 Å². The number of aromatic hydroxyl groups is 1. The van der Waals surface area contributed by atoms with Crippen LogP contribution in [0.1, 0.15) is 66.5 Å². The van der Waals surface area contributed by atoms with Gasteiger partial charge in [0.2, 0.25) is 0 Å². The highest BCUT2D eigenvalue weighted by atomic mass is 16.5. The largest absolute Gasteiger partial charge is 0.505 e. The molecule has 4 aliphatic rings. The Morgan fingerprint density at radius 1 is 1.18 bits per heavy atom. The number of likely N-dealkylation sites (tertiary alicyclic amines) is 1. The molecule has 0 radical (unpaired) electrons. The summed E-state index contributed by atoms with van der Waals surface area (Å²) >= 11 is 0. The highest BCUT2D eigenvalue weighted by molar-refractivity contribution is 5.96. The smallest absolute Gasteiger partial charge is 0.290 e. The van der Waals surface area contributed by atoms with Gasteiger partial charge in [-0.1, -0.05) is 5.21 Å². The third-order valence-electron chi connectivity index (χ3n) is 7.51. The molecule has 1 saturated heterocycles. The molecule has 6 rings (SSSR count). The summed E-state index contributed by atoms with van der Waals surface area (Å²) in [6.07, 6.45) is 12.0. The van der Waals surface area contributed by atoms with E-state index < -0.39 is 0 Å². The van der Waals surface area contributed by atoms with Crippen molar-refractivity contribution >= 4 is 12.4 Å². The molecule has 0 bridgehead atoms. The normalized spacial score (nSPS) is 28.1. The van der Waals surface area contributed by atoms with Crippen LogP contribution in [0.3, 0.4) is 0 Å². The first-order valence-corrected chi connectivity index (χ1v) is 12.1. The molecule has 4 fully saturated rings. The molecule has 0 spiro atoms. The molecule has 3 aliphatic carbocycles. The summed E-state index contributed by atoms with van der Waals surface area (Å²) in [5.74, 6) is 1.96. The van der Waals surface area contributed by atoms with Crippen LogP contribution in [-0.2, 0) is 9.53 Å². The second-order valence-electron chi connectivity index (χ2n) is 9.98. The fourth-order valence-corrected chi connectivity index (χ4v) is 5.31. The number of fused-ring (bicyclic) bond motifs is 1. The van der Waals surface area contributed by atoms with E-state index in [1.54, 1.807) is 12.3 Å². The Bertz CT molecular complexity index is 1020. The van der Waals surface area contributed by atoms with E-state index in [0.717, 1.165) is 25.1 Å². The molecule has 34 heavy (non-hydrogen) atoms. The number of hydrogen-bond acceptors (Lipinski definition) is 7. The average Bonchev–Trinajstić information content (AvgIpc) is 3.76. The summed E-state index contributed by atoms with van der Waals surface area (Å²) in [4.78, 5) is 27.2. The van der Waals surface area contributed by atoms with Crippen LogP contribution in [0.15, 0.2) is 24.7 Å². The lowest BCUT2D eigenvalue weighted by Crippen LogP contribution is -2.38. The molecule has 3 heterocycles. The Morgan fingerprint density at radius 2 is 1.91 bits per heavy atom. The Morgan fingerprint density at radius 3 is 2.59 bits per heavy atom. The maximum absolute atomic E-state index is 13.0. The van der Waals surface area contributed by atoms with E-state index in [9.17, 15) is 9.90 Å². The van der Waals surface area contributed by atoms with Crippen molar-refractivity contribution in [3.05, 3.63) is 35.9 Å². The van der Waals surface area contributed by atoms with E-state index in [0.29, 0.717) is 42.3 Å². The second-order valence-corrected chi connectivity index (χ2v) is 9.98. The van der Waals surface area contributed by atoms with Gasteiger partial charge in [0.15, 0.2) is 0 Å². The number of carbonyl (C=O) groups excluding carboxylic acids is 1. The Kier molecular flexibility index (Phi) is 6.49. The first-order valence-electron chi connectivity index (χ1n) is 12.1. The number of amides is 1. The minimum Gasteiger partial charge on any atom is -0.505 e. The number of hydrogen-bond donors (Lipinski definition) is 2. The Balaban J connectivity index is 0.000000764. The van der Waals surface area contributed by atoms with Crippen LogP contribution < -0.4 is 0 Å². The van der Waals surface area contributed by atoms with Crippen LogP contribution in [0.2, 0.25) is 0 Å². The van der Waals surface area contributed by atoms with Crippen LogP contribution in [0.5, 0.6) is 5.75 Å². The molecule has 2 N–H and O–H groups in total. The number of aromatic nitrogens is 4. The topological polar surface area (TPSA) is 131 Å². The van der Waals surface area contributed by atoms with Gasteiger partial charge in [0.05, 0.1) is 29.6 Å². The van der Waals surface area contributed by atoms with Gasteiger partial charge in [0.1, 0.15) is 5.75 Å². The molecule has 10 nitrogen and oxygen atoms in total. The number of carbonyl (C=O) groups is 2. The predicted molar refractivity (Wildman–Crippen MR) is 120 cm³/mol. The van der Waals surface area contributed by atoms with Gasteiger partial charge in [0.25, 0.3) is 12.4 Å². The maximum atomic E-state index is 13.0. The second kappa shape index (κ2) is 9.69. The summed E-state index contributed by atoms with van der Waals surface area (Å²) < 4.78 is 8.47. The van der Waals surface area contributed by atoms with E-state index in [2.05, 4.69) is 21.5 Å². The van der Waals surface area contributed by atoms with Crippen LogP contribution in [-0.4, -0.2) is 73.3 Å².